The lowest BCUT2D eigenvalue weighted by atomic mass is 10.1. The number of piperidine rings is 1. The maximum Gasteiger partial charge on any atom is 0.240 e. The van der Waals surface area contributed by atoms with Crippen LogP contribution in [0.3, 0.4) is 0 Å². The molecule has 4 atom stereocenters. The number of morpholine rings is 1. The molecule has 296 valence electrons. The molecular weight excluding hydrogens is 733 g/mol. The Hall–Kier alpha value is -1.00. The van der Waals surface area contributed by atoms with Crippen molar-refractivity contribution < 1.29 is 23.9 Å². The molecule has 0 aromatic rings. The first-order chi connectivity index (χ1) is 24.0. The Morgan fingerprint density at radius 2 is 0.745 bits per heavy atom. The summed E-state index contributed by atoms with van der Waals surface area (Å²) in [5.41, 5.74) is 24.0. The number of hydrogen-bond donors (Lipinski definition) is 4. The maximum atomic E-state index is 12.3. The van der Waals surface area contributed by atoms with Crippen LogP contribution >= 0.6 is 43.2 Å². The van der Waals surface area contributed by atoms with Crippen LogP contribution < -0.4 is 22.9 Å². The lowest BCUT2D eigenvalue weighted by molar-refractivity contribution is -0.136. The molecule has 4 fully saturated rings. The number of likely N-dealkylation sites (N-methyl/N-ethyl adjacent to an activating group) is 2. The molecule has 0 aromatic carbocycles. The van der Waals surface area contributed by atoms with Gasteiger partial charge in [0.25, 0.3) is 0 Å². The number of nitrogens with zero attached hydrogens (tertiary/aromatic N) is 6. The van der Waals surface area contributed by atoms with Crippen LogP contribution in [0.2, 0.25) is 0 Å². The van der Waals surface area contributed by atoms with E-state index in [0.717, 1.165) is 78.3 Å². The van der Waals surface area contributed by atoms with Gasteiger partial charge in [-0.05, 0) is 33.4 Å². The first kappa shape index (κ1) is 46.2. The number of nitrogens with two attached hydrogens (primary N) is 4. The van der Waals surface area contributed by atoms with E-state index in [4.69, 9.17) is 27.7 Å². The summed E-state index contributed by atoms with van der Waals surface area (Å²) < 4.78 is 5.23. The fraction of sp³-hybridized carbons (Fsp3) is 0.875. The highest BCUT2D eigenvalue weighted by atomic mass is 33.1. The van der Waals surface area contributed by atoms with Gasteiger partial charge >= 0.3 is 0 Å². The normalized spacial score (nSPS) is 21.5. The third-order valence-electron chi connectivity index (χ3n) is 9.05. The average Bonchev–Trinajstić information content (AvgIpc) is 3.15. The van der Waals surface area contributed by atoms with E-state index in [9.17, 15) is 19.2 Å². The van der Waals surface area contributed by atoms with Gasteiger partial charge < -0.3 is 57.1 Å². The van der Waals surface area contributed by atoms with Crippen LogP contribution in [0.4, 0.5) is 0 Å². The highest BCUT2D eigenvalue weighted by molar-refractivity contribution is 8.77. The Balaban J connectivity index is 0.000000348. The van der Waals surface area contributed by atoms with Crippen molar-refractivity contribution in [3.8, 4) is 0 Å². The number of carbonyl (C=O) groups is 4. The summed E-state index contributed by atoms with van der Waals surface area (Å²) in [7, 11) is 10.2. The fourth-order valence-corrected chi connectivity index (χ4v) is 10.1. The van der Waals surface area contributed by atoms with Gasteiger partial charge in [0.1, 0.15) is 0 Å². The van der Waals surface area contributed by atoms with E-state index in [1.54, 1.807) is 4.90 Å². The standard InChI is InChI=1S/C16H32N6O2S2.C15H28N4O3S2.CH4/c1-19-3-7-21(8-4-19)15(23)13(17)11-25-26-12-14(18)16(24)22-9-5-20(2)6-10-22;16-12(14(20)18-4-2-1-3-5-18)10-23-24-11-13(17)15(21)19-6-8-22-9-7-19;/h13-14H,3-12,17-18H2,1-2H3;12-13H,1-11,16-17H2;1H4/t13-,14-;12-,13-;/m00./s1. The molecule has 4 rings (SSSR count). The van der Waals surface area contributed by atoms with Gasteiger partial charge in [-0.15, -0.1) is 0 Å². The zero-order valence-corrected chi connectivity index (χ0v) is 33.1. The third kappa shape index (κ3) is 16.5. The van der Waals surface area contributed by atoms with Crippen LogP contribution in [0.25, 0.3) is 0 Å². The average molecular weight is 797 g/mol. The van der Waals surface area contributed by atoms with Crippen LogP contribution in [-0.4, -0.2) is 206 Å². The number of hydrogen-bond acceptors (Lipinski definition) is 15. The number of likely N-dealkylation sites (tertiary alicyclic amines) is 1. The van der Waals surface area contributed by atoms with Gasteiger partial charge in [-0.1, -0.05) is 50.6 Å². The van der Waals surface area contributed by atoms with Gasteiger partial charge in [0, 0.05) is 102 Å². The van der Waals surface area contributed by atoms with Crippen molar-refractivity contribution in [2.75, 3.05) is 129 Å². The molecule has 8 N–H and O–H groups in total. The third-order valence-corrected chi connectivity index (χ3v) is 14.0. The Morgan fingerprint density at radius 3 is 1.06 bits per heavy atom. The molecule has 0 aromatic heterocycles. The predicted octanol–water partition coefficient (Wildman–Crippen LogP) is -0.900. The molecule has 0 saturated carbocycles. The van der Waals surface area contributed by atoms with Crippen LogP contribution in [0, 0.1) is 0 Å². The van der Waals surface area contributed by atoms with Crippen molar-refractivity contribution >= 4 is 66.8 Å². The van der Waals surface area contributed by atoms with E-state index < -0.39 is 24.2 Å². The Morgan fingerprint density at radius 1 is 0.471 bits per heavy atom. The first-order valence-electron chi connectivity index (χ1n) is 17.6. The molecule has 4 heterocycles. The molecular formula is C32H64N10O5S4. The molecule has 0 unspecified atom stereocenters. The van der Waals surface area contributed by atoms with Crippen molar-refractivity contribution in [3.05, 3.63) is 0 Å². The second kappa shape index (κ2) is 25.1. The van der Waals surface area contributed by atoms with Crippen LogP contribution in [0.15, 0.2) is 0 Å². The number of piperazine rings is 2. The van der Waals surface area contributed by atoms with Crippen LogP contribution in [-0.2, 0) is 23.9 Å². The van der Waals surface area contributed by atoms with Gasteiger partial charge in [-0.25, -0.2) is 0 Å². The summed E-state index contributed by atoms with van der Waals surface area (Å²) in [6, 6.07) is -2.00. The molecule has 4 amide bonds. The molecule has 19 heteroatoms. The number of ether oxygens (including phenoxy) is 1. The SMILES string of the molecule is C.CN1CCN(C(=O)[C@@H](N)CSSC[C@H](N)C(=O)N2CCN(C)CC2)CC1.N[C@@H](CSSC[C@H](N)C(=O)N1CCOCC1)C(=O)N1CCCCC1. The van der Waals surface area contributed by atoms with E-state index in [2.05, 4.69) is 23.9 Å². The number of carbonyl (C=O) groups excluding carboxylic acids is 4. The summed E-state index contributed by atoms with van der Waals surface area (Å²) in [4.78, 5) is 60.8. The van der Waals surface area contributed by atoms with Gasteiger partial charge in [0.15, 0.2) is 0 Å². The smallest absolute Gasteiger partial charge is 0.240 e. The fourth-order valence-electron chi connectivity index (χ4n) is 5.66. The van der Waals surface area contributed by atoms with Gasteiger partial charge in [0.2, 0.25) is 23.6 Å². The summed E-state index contributed by atoms with van der Waals surface area (Å²) in [5, 5.41) is 0. The Bertz CT molecular complexity index is 964. The first-order valence-corrected chi connectivity index (χ1v) is 22.6. The monoisotopic (exact) mass is 796 g/mol. The van der Waals surface area contributed by atoms with Crippen molar-refractivity contribution in [1.82, 2.24) is 29.4 Å². The van der Waals surface area contributed by atoms with Crippen LogP contribution in [0.5, 0.6) is 0 Å². The highest BCUT2D eigenvalue weighted by Crippen LogP contribution is 2.24. The zero-order valence-electron chi connectivity index (χ0n) is 29.8. The molecule has 0 radical (unpaired) electrons. The lowest BCUT2D eigenvalue weighted by Gasteiger charge is -2.34. The topological polar surface area (TPSA) is 201 Å². The molecule has 0 spiro atoms. The molecule has 15 nitrogen and oxygen atoms in total. The molecule has 4 aliphatic heterocycles. The van der Waals surface area contributed by atoms with Crippen molar-refractivity contribution in [1.29, 1.82) is 0 Å². The number of amides is 4. The maximum absolute atomic E-state index is 12.3. The van der Waals surface area contributed by atoms with Crippen LogP contribution in [0.1, 0.15) is 26.7 Å². The quantitative estimate of drug-likeness (QED) is 0.124. The van der Waals surface area contributed by atoms with E-state index >= 15 is 0 Å². The minimum Gasteiger partial charge on any atom is -0.378 e. The van der Waals surface area contributed by atoms with Crippen molar-refractivity contribution in [2.45, 2.75) is 50.9 Å². The van der Waals surface area contributed by atoms with Gasteiger partial charge in [-0.2, -0.15) is 0 Å². The summed E-state index contributed by atoms with van der Waals surface area (Å²) >= 11 is 0. The highest BCUT2D eigenvalue weighted by Gasteiger charge is 2.27. The van der Waals surface area contributed by atoms with E-state index in [-0.39, 0.29) is 31.1 Å². The van der Waals surface area contributed by atoms with E-state index in [1.165, 1.54) is 49.6 Å². The summed E-state index contributed by atoms with van der Waals surface area (Å²) in [5.74, 6) is 2.17. The van der Waals surface area contributed by atoms with Gasteiger partial charge in [0.05, 0.1) is 37.4 Å². The predicted molar refractivity (Wildman–Crippen MR) is 214 cm³/mol. The Labute approximate surface area is 321 Å². The van der Waals surface area contributed by atoms with Gasteiger partial charge in [-0.3, -0.25) is 19.2 Å². The lowest BCUT2D eigenvalue weighted by Crippen LogP contribution is -2.53. The molecule has 0 bridgehead atoms. The second-order valence-electron chi connectivity index (χ2n) is 13.1. The van der Waals surface area contributed by atoms with Crippen molar-refractivity contribution in [3.63, 3.8) is 0 Å². The molecule has 51 heavy (non-hydrogen) atoms. The van der Waals surface area contributed by atoms with Crippen molar-refractivity contribution in [2.24, 2.45) is 22.9 Å². The largest absolute Gasteiger partial charge is 0.378 e. The zero-order chi connectivity index (χ0) is 36.5. The molecule has 4 saturated heterocycles. The summed E-state index contributed by atoms with van der Waals surface area (Å²) in [6.45, 7) is 10.6. The minimum absolute atomic E-state index is 0. The molecule has 4 aliphatic rings. The van der Waals surface area contributed by atoms with E-state index in [0.29, 0.717) is 49.3 Å². The van der Waals surface area contributed by atoms with E-state index in [1.807, 2.05) is 14.7 Å². The Kier molecular flexibility index (Phi) is 22.8. The number of rotatable bonds is 14. The summed E-state index contributed by atoms with van der Waals surface area (Å²) in [6.07, 6.45) is 3.33. The second-order valence-corrected chi connectivity index (χ2v) is 18.2. The molecule has 0 aliphatic carbocycles. The minimum atomic E-state index is -0.519.